The van der Waals surface area contributed by atoms with Gasteiger partial charge in [0.1, 0.15) is 0 Å². The van der Waals surface area contributed by atoms with E-state index in [-0.39, 0.29) is 5.91 Å². The van der Waals surface area contributed by atoms with Gasteiger partial charge in [-0.25, -0.2) is 0 Å². The quantitative estimate of drug-likeness (QED) is 0.521. The molecular weight excluding hydrogens is 362 g/mol. The third-order valence-corrected chi connectivity index (χ3v) is 5.40. The predicted molar refractivity (Wildman–Crippen MR) is 118 cm³/mol. The maximum atomic E-state index is 11.6. The van der Waals surface area contributed by atoms with Gasteiger partial charge in [-0.05, 0) is 36.6 Å². The molecule has 6 nitrogen and oxygen atoms in total. The van der Waals surface area contributed by atoms with Crippen LogP contribution in [-0.2, 0) is 13.1 Å². The van der Waals surface area contributed by atoms with Crippen molar-refractivity contribution in [2.75, 3.05) is 20.6 Å². The molecule has 0 aromatic heterocycles. The summed E-state index contributed by atoms with van der Waals surface area (Å²) in [5.41, 5.74) is 3.12. The first-order valence-electron chi connectivity index (χ1n) is 10.1. The highest BCUT2D eigenvalue weighted by Crippen LogP contribution is 2.20. The summed E-state index contributed by atoms with van der Waals surface area (Å²) >= 11 is 0. The minimum absolute atomic E-state index is 0.0719. The van der Waals surface area contributed by atoms with E-state index in [2.05, 4.69) is 63.1 Å². The Kier molecular flexibility index (Phi) is 7.25. The number of aliphatic imine (C=N–C) groups is 1. The van der Waals surface area contributed by atoms with Crippen LogP contribution < -0.4 is 16.0 Å². The van der Waals surface area contributed by atoms with Crippen LogP contribution in [0.3, 0.4) is 0 Å². The fourth-order valence-corrected chi connectivity index (χ4v) is 3.73. The fraction of sp³-hybridized carbons (Fsp3) is 0.391. The molecular formula is C23H31N5O. The molecule has 1 fully saturated rings. The largest absolute Gasteiger partial charge is 0.355 e. The Labute approximate surface area is 173 Å². The van der Waals surface area contributed by atoms with E-state index in [1.807, 2.05) is 24.3 Å². The van der Waals surface area contributed by atoms with Crippen LogP contribution in [0.4, 0.5) is 0 Å². The van der Waals surface area contributed by atoms with Crippen LogP contribution >= 0.6 is 0 Å². The van der Waals surface area contributed by atoms with Gasteiger partial charge in [0.2, 0.25) is 0 Å². The number of benzene rings is 2. The van der Waals surface area contributed by atoms with Crippen molar-refractivity contribution in [2.45, 2.75) is 38.5 Å². The van der Waals surface area contributed by atoms with Crippen LogP contribution in [0.2, 0.25) is 0 Å². The zero-order valence-corrected chi connectivity index (χ0v) is 17.5. The predicted octanol–water partition coefficient (Wildman–Crippen LogP) is 2.37. The lowest BCUT2D eigenvalue weighted by Crippen LogP contribution is -2.44. The normalized spacial score (nSPS) is 19.8. The lowest BCUT2D eigenvalue weighted by molar-refractivity contribution is 0.0963. The molecule has 1 saturated heterocycles. The van der Waals surface area contributed by atoms with Crippen LogP contribution in [0.5, 0.6) is 0 Å². The third kappa shape index (κ3) is 5.81. The maximum Gasteiger partial charge on any atom is 0.251 e. The molecule has 0 saturated carbocycles. The first-order chi connectivity index (χ1) is 14.1. The molecule has 154 valence electrons. The molecule has 6 heteroatoms. The summed E-state index contributed by atoms with van der Waals surface area (Å²) in [5.74, 6) is 0.733. The van der Waals surface area contributed by atoms with E-state index in [0.717, 1.165) is 31.0 Å². The standard InChI is InChI=1S/C23H31N5O/c1-17-13-21(16-28(17)15-19-7-5-4-6-8-19)27-23(25-3)26-14-18-9-11-20(12-10-18)22(29)24-2/h4-12,17,21H,13-16H2,1-3H3,(H,24,29)(H2,25,26,27). The fourth-order valence-electron chi connectivity index (χ4n) is 3.73. The zero-order chi connectivity index (χ0) is 20.6. The van der Waals surface area contributed by atoms with Crippen LogP contribution in [0.1, 0.15) is 34.8 Å². The van der Waals surface area contributed by atoms with Gasteiger partial charge in [-0.1, -0.05) is 42.5 Å². The van der Waals surface area contributed by atoms with E-state index in [1.54, 1.807) is 14.1 Å². The van der Waals surface area contributed by atoms with E-state index in [4.69, 9.17) is 0 Å². The van der Waals surface area contributed by atoms with Gasteiger partial charge in [0, 0.05) is 51.4 Å². The first-order valence-corrected chi connectivity index (χ1v) is 10.1. The summed E-state index contributed by atoms with van der Waals surface area (Å²) in [6.07, 6.45) is 1.09. The molecule has 2 aromatic carbocycles. The van der Waals surface area contributed by atoms with Gasteiger partial charge in [-0.3, -0.25) is 14.7 Å². The number of carbonyl (C=O) groups excluding carboxylic acids is 1. The van der Waals surface area contributed by atoms with Crippen molar-refractivity contribution in [2.24, 2.45) is 4.99 Å². The molecule has 0 bridgehead atoms. The number of carbonyl (C=O) groups is 1. The highest BCUT2D eigenvalue weighted by atomic mass is 16.1. The number of hydrogen-bond acceptors (Lipinski definition) is 3. The molecule has 1 aliphatic heterocycles. The highest BCUT2D eigenvalue weighted by molar-refractivity contribution is 5.93. The molecule has 2 aromatic rings. The van der Waals surface area contributed by atoms with Crippen molar-refractivity contribution in [3.63, 3.8) is 0 Å². The smallest absolute Gasteiger partial charge is 0.251 e. The zero-order valence-electron chi connectivity index (χ0n) is 17.5. The number of amides is 1. The van der Waals surface area contributed by atoms with E-state index in [0.29, 0.717) is 24.2 Å². The van der Waals surface area contributed by atoms with Crippen LogP contribution in [-0.4, -0.2) is 49.5 Å². The van der Waals surface area contributed by atoms with E-state index in [9.17, 15) is 4.79 Å². The topological polar surface area (TPSA) is 68.8 Å². The van der Waals surface area contributed by atoms with Crippen LogP contribution in [0, 0.1) is 0 Å². The highest BCUT2D eigenvalue weighted by Gasteiger charge is 2.29. The Balaban J connectivity index is 1.49. The van der Waals surface area contributed by atoms with Gasteiger partial charge in [0.05, 0.1) is 0 Å². The van der Waals surface area contributed by atoms with Crippen molar-refractivity contribution in [1.82, 2.24) is 20.9 Å². The van der Waals surface area contributed by atoms with Gasteiger partial charge in [-0.15, -0.1) is 0 Å². The number of guanidine groups is 1. The summed E-state index contributed by atoms with van der Waals surface area (Å²) < 4.78 is 0. The van der Waals surface area contributed by atoms with E-state index < -0.39 is 0 Å². The Morgan fingerprint density at radius 2 is 1.83 bits per heavy atom. The average Bonchev–Trinajstić information content (AvgIpc) is 3.10. The number of nitrogens with one attached hydrogen (secondary N) is 3. The Hall–Kier alpha value is -2.86. The summed E-state index contributed by atoms with van der Waals surface area (Å²) in [7, 11) is 3.43. The van der Waals surface area contributed by atoms with E-state index >= 15 is 0 Å². The number of rotatable bonds is 6. The molecule has 1 aliphatic rings. The van der Waals surface area contributed by atoms with Crippen molar-refractivity contribution in [3.8, 4) is 0 Å². The summed E-state index contributed by atoms with van der Waals surface area (Å²) in [4.78, 5) is 18.5. The Morgan fingerprint density at radius 1 is 1.10 bits per heavy atom. The number of likely N-dealkylation sites (tertiary alicyclic amines) is 1. The second-order valence-corrected chi connectivity index (χ2v) is 7.54. The molecule has 0 radical (unpaired) electrons. The second-order valence-electron chi connectivity index (χ2n) is 7.54. The molecule has 3 N–H and O–H groups in total. The molecule has 2 unspecified atom stereocenters. The molecule has 2 atom stereocenters. The molecule has 0 spiro atoms. The number of hydrogen-bond donors (Lipinski definition) is 3. The molecule has 1 amide bonds. The molecule has 29 heavy (non-hydrogen) atoms. The molecule has 3 rings (SSSR count). The van der Waals surface area contributed by atoms with Crippen molar-refractivity contribution < 1.29 is 4.79 Å². The molecule has 1 heterocycles. The second kappa shape index (κ2) is 10.1. The Bertz CT molecular complexity index is 819. The van der Waals surface area contributed by atoms with Crippen molar-refractivity contribution in [1.29, 1.82) is 0 Å². The summed E-state index contributed by atoms with van der Waals surface area (Å²) in [5, 5.41) is 9.56. The third-order valence-electron chi connectivity index (χ3n) is 5.40. The van der Waals surface area contributed by atoms with Crippen LogP contribution in [0.15, 0.2) is 59.6 Å². The summed E-state index contributed by atoms with van der Waals surface area (Å²) in [6.45, 7) is 4.92. The van der Waals surface area contributed by atoms with Crippen molar-refractivity contribution in [3.05, 3.63) is 71.3 Å². The van der Waals surface area contributed by atoms with Crippen molar-refractivity contribution >= 4 is 11.9 Å². The summed E-state index contributed by atoms with van der Waals surface area (Å²) in [6, 6.07) is 19.1. The number of nitrogens with zero attached hydrogens (tertiary/aromatic N) is 2. The van der Waals surface area contributed by atoms with E-state index in [1.165, 1.54) is 5.56 Å². The minimum Gasteiger partial charge on any atom is -0.355 e. The van der Waals surface area contributed by atoms with Gasteiger partial charge < -0.3 is 16.0 Å². The average molecular weight is 394 g/mol. The minimum atomic E-state index is -0.0719. The Morgan fingerprint density at radius 3 is 2.48 bits per heavy atom. The lowest BCUT2D eigenvalue weighted by Gasteiger charge is -2.21. The van der Waals surface area contributed by atoms with Gasteiger partial charge in [-0.2, -0.15) is 0 Å². The van der Waals surface area contributed by atoms with Crippen LogP contribution in [0.25, 0.3) is 0 Å². The van der Waals surface area contributed by atoms with Gasteiger partial charge in [0.15, 0.2) is 5.96 Å². The van der Waals surface area contributed by atoms with Gasteiger partial charge >= 0.3 is 0 Å². The lowest BCUT2D eigenvalue weighted by atomic mass is 10.1. The first kappa shape index (κ1) is 20.9. The molecule has 0 aliphatic carbocycles. The SMILES string of the molecule is CN=C(NCc1ccc(C(=O)NC)cc1)NC1CC(C)N(Cc2ccccc2)C1. The van der Waals surface area contributed by atoms with Gasteiger partial charge in [0.25, 0.3) is 5.91 Å². The maximum absolute atomic E-state index is 11.6. The monoisotopic (exact) mass is 393 g/mol.